The van der Waals surface area contributed by atoms with Crippen molar-refractivity contribution in [3.05, 3.63) is 30.3 Å². The number of aliphatic hydroxyl groups excluding tert-OH is 1. The van der Waals surface area contributed by atoms with E-state index < -0.39 is 12.0 Å². The summed E-state index contributed by atoms with van der Waals surface area (Å²) >= 11 is 3.81. The molecule has 0 aliphatic heterocycles. The number of thiol groups is 1. The number of carbonyl (C=O) groups is 1. The van der Waals surface area contributed by atoms with E-state index in [2.05, 4.69) is 17.9 Å². The van der Waals surface area contributed by atoms with E-state index in [1.165, 1.54) is 0 Å². The van der Waals surface area contributed by atoms with Crippen molar-refractivity contribution in [2.75, 3.05) is 11.1 Å². The van der Waals surface area contributed by atoms with Crippen LogP contribution >= 0.6 is 12.6 Å². The maximum atomic E-state index is 11.1. The zero-order valence-electron chi connectivity index (χ0n) is 6.97. The highest BCUT2D eigenvalue weighted by Gasteiger charge is 2.11. The number of hydrogen-bond donors (Lipinski definition) is 3. The van der Waals surface area contributed by atoms with E-state index in [4.69, 9.17) is 5.11 Å². The highest BCUT2D eigenvalue weighted by atomic mass is 32.1. The van der Waals surface area contributed by atoms with Gasteiger partial charge in [0.05, 0.1) is 0 Å². The second-order valence-electron chi connectivity index (χ2n) is 2.55. The zero-order valence-corrected chi connectivity index (χ0v) is 7.87. The van der Waals surface area contributed by atoms with E-state index in [9.17, 15) is 4.79 Å². The molecule has 1 amide bonds. The van der Waals surface area contributed by atoms with Crippen LogP contribution in [0.1, 0.15) is 0 Å². The fourth-order valence-corrected chi connectivity index (χ4v) is 0.996. The molecule has 0 saturated carbocycles. The van der Waals surface area contributed by atoms with Crippen molar-refractivity contribution >= 4 is 24.2 Å². The SMILES string of the molecule is O=C(Nc1ccccc1)C(O)CS. The van der Waals surface area contributed by atoms with Gasteiger partial charge in [0, 0.05) is 11.4 Å². The molecule has 0 bridgehead atoms. The van der Waals surface area contributed by atoms with Gasteiger partial charge in [0.2, 0.25) is 0 Å². The van der Waals surface area contributed by atoms with Gasteiger partial charge in [-0.15, -0.1) is 0 Å². The summed E-state index contributed by atoms with van der Waals surface area (Å²) in [6.07, 6.45) is -1.05. The van der Waals surface area contributed by atoms with Crippen LogP contribution in [0.3, 0.4) is 0 Å². The number of para-hydroxylation sites is 1. The van der Waals surface area contributed by atoms with E-state index >= 15 is 0 Å². The van der Waals surface area contributed by atoms with Crippen LogP contribution in [0.4, 0.5) is 5.69 Å². The molecule has 1 rings (SSSR count). The van der Waals surface area contributed by atoms with Gasteiger partial charge in [0.25, 0.3) is 5.91 Å². The van der Waals surface area contributed by atoms with Gasteiger partial charge >= 0.3 is 0 Å². The Balaban J connectivity index is 2.55. The van der Waals surface area contributed by atoms with Gasteiger partial charge in [-0.3, -0.25) is 4.79 Å². The molecule has 0 saturated heterocycles. The summed E-state index contributed by atoms with van der Waals surface area (Å²) in [6.45, 7) is 0. The molecule has 70 valence electrons. The lowest BCUT2D eigenvalue weighted by atomic mass is 10.3. The molecular weight excluding hydrogens is 186 g/mol. The Labute approximate surface area is 82.2 Å². The molecule has 0 aliphatic rings. The molecule has 0 radical (unpaired) electrons. The van der Waals surface area contributed by atoms with Gasteiger partial charge in [-0.2, -0.15) is 12.6 Å². The number of hydrogen-bond acceptors (Lipinski definition) is 3. The van der Waals surface area contributed by atoms with Gasteiger partial charge in [-0.25, -0.2) is 0 Å². The minimum atomic E-state index is -1.05. The Morgan fingerprint density at radius 3 is 2.62 bits per heavy atom. The summed E-state index contributed by atoms with van der Waals surface area (Å²) in [5.41, 5.74) is 0.674. The lowest BCUT2D eigenvalue weighted by Crippen LogP contribution is -2.28. The molecular formula is C9H11NO2S. The predicted octanol–water partition coefficient (Wildman–Crippen LogP) is 0.916. The highest BCUT2D eigenvalue weighted by molar-refractivity contribution is 7.80. The standard InChI is InChI=1S/C9H11NO2S/c11-8(6-13)9(12)10-7-4-2-1-3-5-7/h1-5,8,11,13H,6H2,(H,10,12). The normalized spacial score (nSPS) is 12.2. The van der Waals surface area contributed by atoms with Crippen molar-refractivity contribution in [1.82, 2.24) is 0 Å². The molecule has 3 nitrogen and oxygen atoms in total. The van der Waals surface area contributed by atoms with Crippen LogP contribution in [0.2, 0.25) is 0 Å². The van der Waals surface area contributed by atoms with Gasteiger partial charge < -0.3 is 10.4 Å². The van der Waals surface area contributed by atoms with E-state index in [1.54, 1.807) is 12.1 Å². The summed E-state index contributed by atoms with van der Waals surface area (Å²) in [7, 11) is 0. The molecule has 4 heteroatoms. The van der Waals surface area contributed by atoms with Crippen LogP contribution in [0.25, 0.3) is 0 Å². The topological polar surface area (TPSA) is 49.3 Å². The van der Waals surface area contributed by atoms with Crippen molar-refractivity contribution < 1.29 is 9.90 Å². The summed E-state index contributed by atoms with van der Waals surface area (Å²) in [5.74, 6) is -0.306. The Morgan fingerprint density at radius 1 is 1.46 bits per heavy atom. The second kappa shape index (κ2) is 4.89. The van der Waals surface area contributed by atoms with E-state index in [0.717, 1.165) is 0 Å². The van der Waals surface area contributed by atoms with Crippen molar-refractivity contribution in [3.8, 4) is 0 Å². The van der Waals surface area contributed by atoms with Crippen molar-refractivity contribution in [1.29, 1.82) is 0 Å². The monoisotopic (exact) mass is 197 g/mol. The third-order valence-corrected chi connectivity index (χ3v) is 1.86. The Bertz CT molecular complexity index is 276. The fourth-order valence-electron chi connectivity index (χ4n) is 0.830. The number of carbonyl (C=O) groups excluding carboxylic acids is 1. The molecule has 0 heterocycles. The minimum Gasteiger partial charge on any atom is -0.382 e. The number of benzene rings is 1. The number of amides is 1. The molecule has 0 spiro atoms. The second-order valence-corrected chi connectivity index (χ2v) is 2.92. The Kier molecular flexibility index (Phi) is 3.79. The summed E-state index contributed by atoms with van der Waals surface area (Å²) < 4.78 is 0. The Morgan fingerprint density at radius 2 is 2.08 bits per heavy atom. The number of anilines is 1. The Hall–Kier alpha value is -1.00. The first kappa shape index (κ1) is 10.1. The number of aliphatic hydroxyl groups is 1. The lowest BCUT2D eigenvalue weighted by Gasteiger charge is -2.08. The van der Waals surface area contributed by atoms with Gasteiger partial charge in [-0.1, -0.05) is 18.2 Å². The highest BCUT2D eigenvalue weighted by Crippen LogP contribution is 2.05. The molecule has 2 N–H and O–H groups in total. The molecule has 1 unspecified atom stereocenters. The largest absolute Gasteiger partial charge is 0.382 e. The number of nitrogens with one attached hydrogen (secondary N) is 1. The molecule has 0 aromatic heterocycles. The zero-order chi connectivity index (χ0) is 9.68. The van der Waals surface area contributed by atoms with Crippen LogP contribution in [0, 0.1) is 0 Å². The van der Waals surface area contributed by atoms with Gasteiger partial charge in [-0.05, 0) is 12.1 Å². The first-order valence-corrected chi connectivity index (χ1v) is 4.52. The van der Waals surface area contributed by atoms with Crippen LogP contribution < -0.4 is 5.32 Å². The van der Waals surface area contributed by atoms with Gasteiger partial charge in [0.15, 0.2) is 0 Å². The predicted molar refractivity (Wildman–Crippen MR) is 54.9 cm³/mol. The van der Waals surface area contributed by atoms with Crippen LogP contribution in [0.15, 0.2) is 30.3 Å². The van der Waals surface area contributed by atoms with Crippen LogP contribution in [0.5, 0.6) is 0 Å². The molecule has 0 fully saturated rings. The first-order valence-electron chi connectivity index (χ1n) is 3.89. The van der Waals surface area contributed by atoms with E-state index in [-0.39, 0.29) is 5.75 Å². The molecule has 1 aromatic rings. The van der Waals surface area contributed by atoms with E-state index in [1.807, 2.05) is 18.2 Å². The third-order valence-electron chi connectivity index (χ3n) is 1.52. The maximum Gasteiger partial charge on any atom is 0.254 e. The quantitative estimate of drug-likeness (QED) is 0.631. The molecule has 1 aromatic carbocycles. The maximum absolute atomic E-state index is 11.1. The average Bonchev–Trinajstić information content (AvgIpc) is 2.18. The van der Waals surface area contributed by atoms with Crippen molar-refractivity contribution in [2.45, 2.75) is 6.10 Å². The fraction of sp³-hybridized carbons (Fsp3) is 0.222. The lowest BCUT2D eigenvalue weighted by molar-refractivity contribution is -0.122. The van der Waals surface area contributed by atoms with E-state index in [0.29, 0.717) is 5.69 Å². The summed E-state index contributed by atoms with van der Waals surface area (Å²) in [4.78, 5) is 11.1. The molecule has 13 heavy (non-hydrogen) atoms. The smallest absolute Gasteiger partial charge is 0.254 e. The first-order chi connectivity index (χ1) is 6.24. The summed E-state index contributed by atoms with van der Waals surface area (Å²) in [5, 5.41) is 11.7. The van der Waals surface area contributed by atoms with Gasteiger partial charge in [0.1, 0.15) is 6.10 Å². The van der Waals surface area contributed by atoms with Crippen LogP contribution in [-0.4, -0.2) is 22.9 Å². The number of rotatable bonds is 3. The molecule has 0 aliphatic carbocycles. The average molecular weight is 197 g/mol. The van der Waals surface area contributed by atoms with Crippen LogP contribution in [-0.2, 0) is 4.79 Å². The van der Waals surface area contributed by atoms with Crippen molar-refractivity contribution in [3.63, 3.8) is 0 Å². The summed E-state index contributed by atoms with van der Waals surface area (Å²) in [6, 6.07) is 8.97. The molecule has 1 atom stereocenters. The third kappa shape index (κ3) is 3.08. The van der Waals surface area contributed by atoms with Crippen molar-refractivity contribution in [2.24, 2.45) is 0 Å². The minimum absolute atomic E-state index is 0.124.